The zero-order valence-electron chi connectivity index (χ0n) is 12.3. The van der Waals surface area contributed by atoms with Crippen molar-refractivity contribution in [1.82, 2.24) is 5.32 Å². The third-order valence-electron chi connectivity index (χ3n) is 5.12. The average Bonchev–Trinajstić information content (AvgIpc) is 2.69. The van der Waals surface area contributed by atoms with Gasteiger partial charge in [0.1, 0.15) is 5.60 Å². The predicted molar refractivity (Wildman–Crippen MR) is 71.7 cm³/mol. The Bertz CT molecular complexity index is 344. The summed E-state index contributed by atoms with van der Waals surface area (Å²) in [6.07, 6.45) is 6.02. The summed E-state index contributed by atoms with van der Waals surface area (Å²) in [6.45, 7) is 10.7. The van der Waals surface area contributed by atoms with Crippen LogP contribution in [-0.2, 0) is 9.47 Å². The molecule has 3 fully saturated rings. The Balaban J connectivity index is 1.90. The Kier molecular flexibility index (Phi) is 2.66. The van der Waals surface area contributed by atoms with Gasteiger partial charge in [-0.3, -0.25) is 0 Å². The highest BCUT2D eigenvalue weighted by atomic mass is 16.6. The van der Waals surface area contributed by atoms with Crippen molar-refractivity contribution in [3.8, 4) is 0 Å². The van der Waals surface area contributed by atoms with Crippen LogP contribution in [0.25, 0.3) is 0 Å². The maximum Gasteiger partial charge on any atom is 0.112 e. The van der Waals surface area contributed by atoms with Gasteiger partial charge in [-0.15, -0.1) is 0 Å². The molecule has 1 atom stereocenters. The molecule has 3 rings (SSSR count). The van der Waals surface area contributed by atoms with Gasteiger partial charge in [0, 0.05) is 19.5 Å². The predicted octanol–water partition coefficient (Wildman–Crippen LogP) is 2.64. The van der Waals surface area contributed by atoms with Crippen molar-refractivity contribution in [2.24, 2.45) is 0 Å². The van der Waals surface area contributed by atoms with Gasteiger partial charge in [0.25, 0.3) is 0 Å². The highest BCUT2D eigenvalue weighted by molar-refractivity contribution is 5.13. The molecule has 2 spiro atoms. The first-order chi connectivity index (χ1) is 8.29. The van der Waals surface area contributed by atoms with Crippen LogP contribution in [0.5, 0.6) is 0 Å². The lowest BCUT2D eigenvalue weighted by Gasteiger charge is -2.50. The highest BCUT2D eigenvalue weighted by Gasteiger charge is 2.62. The van der Waals surface area contributed by atoms with Crippen molar-refractivity contribution in [1.29, 1.82) is 0 Å². The second-order valence-corrected chi connectivity index (χ2v) is 7.64. The van der Waals surface area contributed by atoms with E-state index in [0.717, 1.165) is 19.5 Å². The second-order valence-electron chi connectivity index (χ2n) is 7.64. The Morgan fingerprint density at radius 2 is 1.56 bits per heavy atom. The van der Waals surface area contributed by atoms with Crippen LogP contribution in [0.2, 0.25) is 0 Å². The maximum atomic E-state index is 6.75. The molecule has 0 aromatic rings. The highest BCUT2D eigenvalue weighted by Crippen LogP contribution is 2.52. The van der Waals surface area contributed by atoms with Crippen molar-refractivity contribution in [3.63, 3.8) is 0 Å². The van der Waals surface area contributed by atoms with Crippen molar-refractivity contribution < 1.29 is 9.47 Å². The van der Waals surface area contributed by atoms with E-state index in [2.05, 4.69) is 33.0 Å². The summed E-state index contributed by atoms with van der Waals surface area (Å²) in [4.78, 5) is 0. The molecule has 1 aliphatic carbocycles. The summed E-state index contributed by atoms with van der Waals surface area (Å²) in [5, 5.41) is 3.64. The van der Waals surface area contributed by atoms with Crippen LogP contribution in [0.3, 0.4) is 0 Å². The van der Waals surface area contributed by atoms with Gasteiger partial charge in [-0.1, -0.05) is 12.8 Å². The molecule has 104 valence electrons. The summed E-state index contributed by atoms with van der Waals surface area (Å²) in [5.41, 5.74) is -0.361. The zero-order valence-corrected chi connectivity index (χ0v) is 12.3. The van der Waals surface area contributed by atoms with Crippen LogP contribution in [0, 0.1) is 0 Å². The van der Waals surface area contributed by atoms with Gasteiger partial charge >= 0.3 is 0 Å². The molecule has 3 heteroatoms. The Morgan fingerprint density at radius 1 is 0.889 bits per heavy atom. The zero-order chi connectivity index (χ0) is 13.1. The summed E-state index contributed by atoms with van der Waals surface area (Å²) >= 11 is 0. The van der Waals surface area contributed by atoms with E-state index < -0.39 is 0 Å². The lowest BCUT2D eigenvalue weighted by molar-refractivity contribution is -0.223. The molecular weight excluding hydrogens is 226 g/mol. The van der Waals surface area contributed by atoms with Gasteiger partial charge in [-0.2, -0.15) is 0 Å². The second kappa shape index (κ2) is 3.71. The van der Waals surface area contributed by atoms with Gasteiger partial charge < -0.3 is 14.8 Å². The minimum Gasteiger partial charge on any atom is -0.367 e. The first-order valence-corrected chi connectivity index (χ1v) is 7.39. The van der Waals surface area contributed by atoms with Gasteiger partial charge in [0.2, 0.25) is 0 Å². The molecule has 1 N–H and O–H groups in total. The van der Waals surface area contributed by atoms with Crippen molar-refractivity contribution >= 4 is 0 Å². The quantitative estimate of drug-likeness (QED) is 0.720. The number of hydrogen-bond acceptors (Lipinski definition) is 3. The average molecular weight is 253 g/mol. The first-order valence-electron chi connectivity index (χ1n) is 7.39. The largest absolute Gasteiger partial charge is 0.367 e. The molecule has 2 saturated heterocycles. The molecule has 3 nitrogen and oxygen atoms in total. The smallest absolute Gasteiger partial charge is 0.112 e. The van der Waals surface area contributed by atoms with Crippen LogP contribution in [-0.4, -0.2) is 35.5 Å². The van der Waals surface area contributed by atoms with Gasteiger partial charge in [-0.05, 0) is 40.5 Å². The normalized spacial score (nSPS) is 40.7. The number of ether oxygens (including phenoxy) is 2. The number of nitrogens with one attached hydrogen (secondary N) is 1. The van der Waals surface area contributed by atoms with E-state index >= 15 is 0 Å². The number of hydrogen-bond donors (Lipinski definition) is 1. The molecule has 0 bridgehead atoms. The fraction of sp³-hybridized carbons (Fsp3) is 1.00. The minimum absolute atomic E-state index is 0.0810. The van der Waals surface area contributed by atoms with Crippen LogP contribution in [0.1, 0.15) is 59.8 Å². The molecule has 18 heavy (non-hydrogen) atoms. The molecule has 3 aliphatic rings. The molecule has 2 aliphatic heterocycles. The minimum atomic E-state index is -0.209. The molecule has 0 aromatic carbocycles. The van der Waals surface area contributed by atoms with E-state index in [-0.39, 0.29) is 22.4 Å². The van der Waals surface area contributed by atoms with Crippen LogP contribution < -0.4 is 5.32 Å². The fourth-order valence-corrected chi connectivity index (χ4v) is 4.43. The SMILES string of the molecule is CC1(C)CC2(CNCC3(CCCC3)O2)C(C)(C)O1. The molecule has 0 aromatic heterocycles. The van der Waals surface area contributed by atoms with E-state index in [0.29, 0.717) is 0 Å². The molecule has 0 radical (unpaired) electrons. The molecule has 1 unspecified atom stereocenters. The lowest BCUT2D eigenvalue weighted by atomic mass is 9.79. The van der Waals surface area contributed by atoms with Gasteiger partial charge in [0.05, 0.1) is 16.8 Å². The summed E-state index contributed by atoms with van der Waals surface area (Å²) in [7, 11) is 0. The van der Waals surface area contributed by atoms with Crippen molar-refractivity contribution in [2.45, 2.75) is 82.2 Å². The Morgan fingerprint density at radius 3 is 2.11 bits per heavy atom. The molecule has 2 heterocycles. The fourth-order valence-electron chi connectivity index (χ4n) is 4.43. The standard InChI is InChI=1S/C15H27NO2/c1-12(2)9-15(13(3,4)17-12)11-16-10-14(18-15)7-5-6-8-14/h16H,5-11H2,1-4H3. The molecule has 0 amide bonds. The number of rotatable bonds is 0. The van der Waals surface area contributed by atoms with E-state index in [1.54, 1.807) is 0 Å². The number of morpholine rings is 1. The van der Waals surface area contributed by atoms with Crippen LogP contribution in [0.15, 0.2) is 0 Å². The van der Waals surface area contributed by atoms with Crippen molar-refractivity contribution in [2.75, 3.05) is 13.1 Å². The summed E-state index contributed by atoms with van der Waals surface area (Å²) < 4.78 is 13.0. The maximum absolute atomic E-state index is 6.75. The lowest BCUT2D eigenvalue weighted by Crippen LogP contribution is -2.65. The van der Waals surface area contributed by atoms with Gasteiger partial charge in [0.15, 0.2) is 0 Å². The molecular formula is C15H27NO2. The van der Waals surface area contributed by atoms with E-state index in [4.69, 9.17) is 9.47 Å². The Labute approximate surface area is 111 Å². The van der Waals surface area contributed by atoms with Gasteiger partial charge in [-0.25, -0.2) is 0 Å². The van der Waals surface area contributed by atoms with E-state index in [1.165, 1.54) is 25.7 Å². The first kappa shape index (κ1) is 12.9. The van der Waals surface area contributed by atoms with E-state index in [1.807, 2.05) is 0 Å². The summed E-state index contributed by atoms with van der Waals surface area (Å²) in [6, 6.07) is 0. The summed E-state index contributed by atoms with van der Waals surface area (Å²) in [5.74, 6) is 0. The van der Waals surface area contributed by atoms with E-state index in [9.17, 15) is 0 Å². The monoisotopic (exact) mass is 253 g/mol. The topological polar surface area (TPSA) is 30.5 Å². The van der Waals surface area contributed by atoms with Crippen LogP contribution in [0.4, 0.5) is 0 Å². The third kappa shape index (κ3) is 1.83. The Hall–Kier alpha value is -0.120. The van der Waals surface area contributed by atoms with Crippen LogP contribution >= 0.6 is 0 Å². The third-order valence-corrected chi connectivity index (χ3v) is 5.12. The molecule has 1 saturated carbocycles. The van der Waals surface area contributed by atoms with Crippen molar-refractivity contribution in [3.05, 3.63) is 0 Å².